The Balaban J connectivity index is 1.98. The van der Waals surface area contributed by atoms with Crippen LogP contribution in [0.5, 0.6) is 0 Å². The Labute approximate surface area is 163 Å². The van der Waals surface area contributed by atoms with Gasteiger partial charge in [0.2, 0.25) is 5.91 Å². The van der Waals surface area contributed by atoms with Crippen LogP contribution in [0.2, 0.25) is 0 Å². The fraction of sp³-hybridized carbons (Fsp3) is 0.150. The largest absolute Gasteiger partial charge is 0.418 e. The Kier molecular flexibility index (Phi) is 5.40. The number of aromatic nitrogens is 1. The second-order valence-corrected chi connectivity index (χ2v) is 6.17. The monoisotopic (exact) mass is 403 g/mol. The Hall–Kier alpha value is -3.62. The zero-order chi connectivity index (χ0) is 21.2. The van der Waals surface area contributed by atoms with Crippen LogP contribution in [0.15, 0.2) is 59.4 Å². The molecule has 0 spiro atoms. The zero-order valence-corrected chi connectivity index (χ0v) is 15.2. The molecule has 0 atom stereocenters. The molecule has 29 heavy (non-hydrogen) atoms. The first-order valence-corrected chi connectivity index (χ1v) is 8.53. The summed E-state index contributed by atoms with van der Waals surface area (Å²) in [6.45, 7) is -0.514. The summed E-state index contributed by atoms with van der Waals surface area (Å²) in [7, 11) is 1.42. The van der Waals surface area contributed by atoms with E-state index in [9.17, 15) is 27.6 Å². The quantitative estimate of drug-likeness (QED) is 0.703. The van der Waals surface area contributed by atoms with Crippen molar-refractivity contribution in [1.82, 2.24) is 9.88 Å². The van der Waals surface area contributed by atoms with E-state index in [0.717, 1.165) is 22.8 Å². The van der Waals surface area contributed by atoms with E-state index in [1.807, 2.05) is 0 Å². The molecular weight excluding hydrogens is 387 g/mol. The van der Waals surface area contributed by atoms with Gasteiger partial charge in [0.05, 0.1) is 22.3 Å². The lowest BCUT2D eigenvalue weighted by atomic mass is 10.1. The first kappa shape index (κ1) is 20.1. The number of para-hydroxylation sites is 2. The van der Waals surface area contributed by atoms with Gasteiger partial charge >= 0.3 is 6.18 Å². The number of benzene rings is 2. The maximum Gasteiger partial charge on any atom is 0.418 e. The first-order chi connectivity index (χ1) is 13.7. The fourth-order valence-corrected chi connectivity index (χ4v) is 2.99. The maximum absolute atomic E-state index is 13.1. The number of pyridine rings is 1. The molecule has 150 valence electrons. The van der Waals surface area contributed by atoms with Gasteiger partial charge in [-0.15, -0.1) is 0 Å². The highest BCUT2D eigenvalue weighted by atomic mass is 19.4. The number of nitrogens with zero attached hydrogens (tertiary/aromatic N) is 1. The molecule has 0 saturated carbocycles. The highest BCUT2D eigenvalue weighted by Gasteiger charge is 2.33. The lowest BCUT2D eigenvalue weighted by Crippen LogP contribution is -2.30. The minimum absolute atomic E-state index is 0.146. The lowest BCUT2D eigenvalue weighted by Gasteiger charge is -2.15. The number of carbonyl (C=O) groups is 2. The van der Waals surface area contributed by atoms with Crippen LogP contribution in [0.3, 0.4) is 0 Å². The van der Waals surface area contributed by atoms with Crippen molar-refractivity contribution in [3.8, 4) is 0 Å². The van der Waals surface area contributed by atoms with Crippen molar-refractivity contribution in [2.45, 2.75) is 12.7 Å². The molecule has 1 heterocycles. The molecule has 0 bridgehead atoms. The Morgan fingerprint density at radius 3 is 2.38 bits per heavy atom. The third-order valence-electron chi connectivity index (χ3n) is 4.30. The van der Waals surface area contributed by atoms with Gasteiger partial charge in [0.1, 0.15) is 6.54 Å². The van der Waals surface area contributed by atoms with Crippen LogP contribution in [-0.4, -0.2) is 23.4 Å². The van der Waals surface area contributed by atoms with E-state index in [0.29, 0.717) is 10.9 Å². The summed E-state index contributed by atoms with van der Waals surface area (Å²) in [4.78, 5) is 37.0. The van der Waals surface area contributed by atoms with Gasteiger partial charge in [-0.2, -0.15) is 13.2 Å². The minimum Gasteiger partial charge on any atom is -0.355 e. The normalized spacial score (nSPS) is 11.3. The number of hydrogen-bond acceptors (Lipinski definition) is 3. The molecule has 0 unspecified atom stereocenters. The van der Waals surface area contributed by atoms with Gasteiger partial charge in [-0.05, 0) is 18.2 Å². The van der Waals surface area contributed by atoms with Crippen molar-refractivity contribution in [3.63, 3.8) is 0 Å². The van der Waals surface area contributed by atoms with Gasteiger partial charge in [-0.25, -0.2) is 0 Å². The molecule has 1 aromatic heterocycles. The second-order valence-electron chi connectivity index (χ2n) is 6.17. The summed E-state index contributed by atoms with van der Waals surface area (Å²) in [5.74, 6) is -1.27. The number of alkyl halides is 3. The van der Waals surface area contributed by atoms with Gasteiger partial charge < -0.3 is 10.6 Å². The van der Waals surface area contributed by atoms with Crippen LogP contribution < -0.4 is 16.2 Å². The van der Waals surface area contributed by atoms with Gasteiger partial charge in [-0.1, -0.05) is 30.3 Å². The second kappa shape index (κ2) is 7.78. The minimum atomic E-state index is -4.64. The average Bonchev–Trinajstić information content (AvgIpc) is 2.69. The van der Waals surface area contributed by atoms with E-state index in [4.69, 9.17) is 0 Å². The third-order valence-corrected chi connectivity index (χ3v) is 4.30. The van der Waals surface area contributed by atoms with Crippen molar-refractivity contribution in [2.24, 2.45) is 0 Å². The SMILES string of the molecule is CNC(=O)c1cc(=O)n(CC(=O)Nc2ccccc2C(F)(F)F)c2ccccc12. The zero-order valence-electron chi connectivity index (χ0n) is 15.2. The van der Waals surface area contributed by atoms with Gasteiger partial charge in [0.25, 0.3) is 11.5 Å². The number of anilines is 1. The molecule has 0 saturated heterocycles. The van der Waals surface area contributed by atoms with Gasteiger partial charge in [0, 0.05) is 18.5 Å². The molecule has 2 aromatic carbocycles. The van der Waals surface area contributed by atoms with Crippen LogP contribution >= 0.6 is 0 Å². The van der Waals surface area contributed by atoms with Crippen LogP contribution in [0, 0.1) is 0 Å². The standard InChI is InChI=1S/C20H16F3N3O3/c1-24-19(29)13-10-18(28)26(16-9-5-2-6-12(13)16)11-17(27)25-15-8-4-3-7-14(15)20(21,22)23/h2-10H,11H2,1H3,(H,24,29)(H,25,27). The highest BCUT2D eigenvalue weighted by molar-refractivity contribution is 6.06. The van der Waals surface area contributed by atoms with Crippen LogP contribution in [-0.2, 0) is 17.5 Å². The van der Waals surface area contributed by atoms with E-state index in [1.54, 1.807) is 24.3 Å². The van der Waals surface area contributed by atoms with E-state index in [-0.39, 0.29) is 5.56 Å². The lowest BCUT2D eigenvalue weighted by molar-refractivity contribution is -0.137. The molecular formula is C20H16F3N3O3. The molecule has 3 aromatic rings. The number of halogens is 3. The van der Waals surface area contributed by atoms with E-state index in [1.165, 1.54) is 19.2 Å². The number of carbonyl (C=O) groups excluding carboxylic acids is 2. The molecule has 2 N–H and O–H groups in total. The summed E-state index contributed by atoms with van der Waals surface area (Å²) >= 11 is 0. The smallest absolute Gasteiger partial charge is 0.355 e. The molecule has 0 fully saturated rings. The van der Waals surface area contributed by atoms with Crippen molar-refractivity contribution < 1.29 is 22.8 Å². The molecule has 2 amide bonds. The number of nitrogens with one attached hydrogen (secondary N) is 2. The Morgan fingerprint density at radius 1 is 1.03 bits per heavy atom. The fourth-order valence-electron chi connectivity index (χ4n) is 2.99. The Morgan fingerprint density at radius 2 is 1.69 bits per heavy atom. The van der Waals surface area contributed by atoms with Crippen molar-refractivity contribution in [3.05, 3.63) is 76.1 Å². The predicted octanol–water partition coefficient (Wildman–Crippen LogP) is 3.02. The molecule has 0 aliphatic rings. The molecule has 6 nitrogen and oxygen atoms in total. The summed E-state index contributed by atoms with van der Waals surface area (Å²) in [6.07, 6.45) is -4.64. The Bertz CT molecular complexity index is 1150. The number of hydrogen-bond donors (Lipinski definition) is 2. The summed E-state index contributed by atoms with van der Waals surface area (Å²) in [5.41, 5.74) is -1.54. The number of rotatable bonds is 4. The first-order valence-electron chi connectivity index (χ1n) is 8.53. The number of amides is 2. The molecule has 9 heteroatoms. The van der Waals surface area contributed by atoms with Gasteiger partial charge in [-0.3, -0.25) is 19.0 Å². The molecule has 0 aliphatic heterocycles. The van der Waals surface area contributed by atoms with E-state index < -0.39 is 41.3 Å². The molecule has 3 rings (SSSR count). The van der Waals surface area contributed by atoms with Crippen molar-refractivity contribution >= 4 is 28.4 Å². The van der Waals surface area contributed by atoms with Crippen molar-refractivity contribution in [1.29, 1.82) is 0 Å². The van der Waals surface area contributed by atoms with Crippen LogP contribution in [0.4, 0.5) is 18.9 Å². The molecule has 0 radical (unpaired) electrons. The van der Waals surface area contributed by atoms with Gasteiger partial charge in [0.15, 0.2) is 0 Å². The van der Waals surface area contributed by atoms with E-state index >= 15 is 0 Å². The number of fused-ring (bicyclic) bond motifs is 1. The van der Waals surface area contributed by atoms with Crippen molar-refractivity contribution in [2.75, 3.05) is 12.4 Å². The maximum atomic E-state index is 13.1. The van der Waals surface area contributed by atoms with Crippen LogP contribution in [0.25, 0.3) is 10.9 Å². The molecule has 0 aliphatic carbocycles. The van der Waals surface area contributed by atoms with Crippen LogP contribution in [0.1, 0.15) is 15.9 Å². The average molecular weight is 403 g/mol. The summed E-state index contributed by atoms with van der Waals surface area (Å²) in [6, 6.07) is 12.1. The van der Waals surface area contributed by atoms with E-state index in [2.05, 4.69) is 10.6 Å². The summed E-state index contributed by atoms with van der Waals surface area (Å²) < 4.78 is 40.4. The third kappa shape index (κ3) is 4.13. The summed E-state index contributed by atoms with van der Waals surface area (Å²) in [5, 5.41) is 5.09. The topological polar surface area (TPSA) is 80.2 Å². The highest BCUT2D eigenvalue weighted by Crippen LogP contribution is 2.34. The predicted molar refractivity (Wildman–Crippen MR) is 102 cm³/mol.